The van der Waals surface area contributed by atoms with Crippen molar-refractivity contribution in [1.29, 1.82) is 0 Å². The number of thiophene rings is 1. The third-order valence-corrected chi connectivity index (χ3v) is 7.37. The fraction of sp³-hybridized carbons (Fsp3) is 0.478. The monoisotopic (exact) mass is 394 g/mol. The van der Waals surface area contributed by atoms with Gasteiger partial charge in [-0.05, 0) is 62.3 Å². The number of benzene rings is 1. The molecule has 0 atom stereocenters. The topological polar surface area (TPSA) is 46.3 Å². The molecule has 1 aromatic carbocycles. The summed E-state index contributed by atoms with van der Waals surface area (Å²) in [5.41, 5.74) is 3.20. The van der Waals surface area contributed by atoms with Gasteiger partial charge in [0.15, 0.2) is 11.5 Å². The van der Waals surface area contributed by atoms with E-state index in [2.05, 4.69) is 11.1 Å². The average Bonchev–Trinajstić information content (AvgIpc) is 3.31. The minimum atomic E-state index is 0.216. The van der Waals surface area contributed by atoms with Crippen LogP contribution in [0.5, 0.6) is 0 Å². The molecule has 0 N–H and O–H groups in total. The first kappa shape index (κ1) is 17.9. The fourth-order valence-corrected chi connectivity index (χ4v) is 5.72. The van der Waals surface area contributed by atoms with Crippen molar-refractivity contribution >= 4 is 28.3 Å². The van der Waals surface area contributed by atoms with Crippen molar-refractivity contribution in [3.63, 3.8) is 0 Å². The van der Waals surface area contributed by atoms with Gasteiger partial charge < -0.3 is 9.32 Å². The molecule has 1 aliphatic heterocycles. The predicted molar refractivity (Wildman–Crippen MR) is 112 cm³/mol. The van der Waals surface area contributed by atoms with Crippen LogP contribution in [0.2, 0.25) is 0 Å². The lowest BCUT2D eigenvalue weighted by Crippen LogP contribution is -2.37. The highest BCUT2D eigenvalue weighted by Crippen LogP contribution is 2.33. The molecule has 5 heteroatoms. The van der Waals surface area contributed by atoms with Gasteiger partial charge in [0, 0.05) is 23.9 Å². The highest BCUT2D eigenvalue weighted by atomic mass is 32.1. The Morgan fingerprint density at radius 2 is 1.86 bits per heavy atom. The van der Waals surface area contributed by atoms with Crippen molar-refractivity contribution in [2.75, 3.05) is 13.1 Å². The average molecular weight is 395 g/mol. The van der Waals surface area contributed by atoms with Crippen molar-refractivity contribution in [1.82, 2.24) is 9.88 Å². The Morgan fingerprint density at radius 1 is 1.07 bits per heavy atom. The minimum absolute atomic E-state index is 0.216. The largest absolute Gasteiger partial charge is 0.440 e. The van der Waals surface area contributed by atoms with E-state index in [0.29, 0.717) is 5.92 Å². The summed E-state index contributed by atoms with van der Waals surface area (Å²) >= 11 is 1.74. The van der Waals surface area contributed by atoms with Crippen LogP contribution in [0.4, 0.5) is 0 Å². The Hall–Kier alpha value is -2.14. The van der Waals surface area contributed by atoms with Crippen LogP contribution in [-0.2, 0) is 12.8 Å². The van der Waals surface area contributed by atoms with E-state index in [1.807, 2.05) is 29.2 Å². The zero-order valence-corrected chi connectivity index (χ0v) is 17.0. The molecule has 28 heavy (non-hydrogen) atoms. The number of hydrogen-bond acceptors (Lipinski definition) is 4. The van der Waals surface area contributed by atoms with Crippen LogP contribution in [0.1, 0.15) is 70.4 Å². The van der Waals surface area contributed by atoms with E-state index < -0.39 is 0 Å². The molecular weight excluding hydrogens is 368 g/mol. The first-order valence-electron chi connectivity index (χ1n) is 10.5. The number of fused-ring (bicyclic) bond motifs is 2. The van der Waals surface area contributed by atoms with E-state index in [1.165, 1.54) is 36.1 Å². The number of hydrogen-bond donors (Lipinski definition) is 0. The van der Waals surface area contributed by atoms with Gasteiger partial charge in [-0.1, -0.05) is 25.0 Å². The molecule has 1 aliphatic carbocycles. The standard InChI is InChI=1S/C23H26N2O2S/c26-23(21-15-17-7-3-1-2-4-10-20(17)28-21)25-13-11-16(12-14-25)22-24-18-8-5-6-9-19(18)27-22/h5-6,8-9,15-16H,1-4,7,10-14H2. The molecular formula is C23H26N2O2S. The summed E-state index contributed by atoms with van der Waals surface area (Å²) in [4.78, 5) is 22.1. The number of oxazole rings is 1. The Labute approximate surface area is 169 Å². The highest BCUT2D eigenvalue weighted by Gasteiger charge is 2.28. The van der Waals surface area contributed by atoms with E-state index in [1.54, 1.807) is 11.3 Å². The lowest BCUT2D eigenvalue weighted by atomic mass is 9.96. The van der Waals surface area contributed by atoms with Crippen LogP contribution in [0.25, 0.3) is 11.1 Å². The summed E-state index contributed by atoms with van der Waals surface area (Å²) < 4.78 is 5.95. The Balaban J connectivity index is 1.26. The normalized spacial score (nSPS) is 18.6. The quantitative estimate of drug-likeness (QED) is 0.571. The number of likely N-dealkylation sites (tertiary alicyclic amines) is 1. The van der Waals surface area contributed by atoms with E-state index in [-0.39, 0.29) is 5.91 Å². The number of nitrogens with zero attached hydrogens (tertiary/aromatic N) is 2. The zero-order chi connectivity index (χ0) is 18.9. The van der Waals surface area contributed by atoms with Gasteiger partial charge >= 0.3 is 0 Å². The maximum absolute atomic E-state index is 13.1. The summed E-state index contributed by atoms with van der Waals surface area (Å²) in [6.45, 7) is 1.57. The predicted octanol–water partition coefficient (Wildman–Crippen LogP) is 5.57. The number of aromatic nitrogens is 1. The molecule has 0 bridgehead atoms. The summed E-state index contributed by atoms with van der Waals surface area (Å²) in [5, 5.41) is 0. The van der Waals surface area contributed by atoms with Gasteiger partial charge in [-0.15, -0.1) is 11.3 Å². The van der Waals surface area contributed by atoms with Crippen molar-refractivity contribution < 1.29 is 9.21 Å². The van der Waals surface area contributed by atoms with Gasteiger partial charge in [0.1, 0.15) is 5.52 Å². The van der Waals surface area contributed by atoms with Gasteiger partial charge in [0.2, 0.25) is 0 Å². The summed E-state index contributed by atoms with van der Waals surface area (Å²) in [7, 11) is 0. The van der Waals surface area contributed by atoms with Crippen molar-refractivity contribution in [3.05, 3.63) is 51.5 Å². The van der Waals surface area contributed by atoms with E-state index in [4.69, 9.17) is 4.42 Å². The Bertz CT molecular complexity index is 923. The van der Waals surface area contributed by atoms with Crippen LogP contribution >= 0.6 is 11.3 Å². The summed E-state index contributed by atoms with van der Waals surface area (Å²) in [6, 6.07) is 10.1. The van der Waals surface area contributed by atoms with Crippen molar-refractivity contribution in [2.45, 2.75) is 57.3 Å². The maximum Gasteiger partial charge on any atom is 0.263 e. The number of rotatable bonds is 2. The molecule has 2 aromatic heterocycles. The third kappa shape index (κ3) is 3.48. The SMILES string of the molecule is O=C(c1cc2c(s1)CCCCCC2)N1CCC(c2nc3ccccc3o2)CC1. The van der Waals surface area contributed by atoms with Crippen LogP contribution < -0.4 is 0 Å². The number of para-hydroxylation sites is 2. The first-order chi connectivity index (χ1) is 13.8. The molecule has 0 radical (unpaired) electrons. The molecule has 3 aromatic rings. The Kier molecular flexibility index (Phi) is 4.93. The molecule has 0 unspecified atom stereocenters. The molecule has 4 nitrogen and oxygen atoms in total. The van der Waals surface area contributed by atoms with E-state index in [0.717, 1.165) is 60.6 Å². The van der Waals surface area contributed by atoms with Crippen LogP contribution in [0.3, 0.4) is 0 Å². The molecule has 146 valence electrons. The van der Waals surface area contributed by atoms with Gasteiger partial charge in [0.05, 0.1) is 4.88 Å². The molecule has 0 saturated carbocycles. The number of carbonyl (C=O) groups is 1. The second-order valence-corrected chi connectivity index (χ2v) is 9.20. The molecule has 1 saturated heterocycles. The molecule has 3 heterocycles. The van der Waals surface area contributed by atoms with E-state index >= 15 is 0 Å². The van der Waals surface area contributed by atoms with Crippen molar-refractivity contribution in [3.8, 4) is 0 Å². The Morgan fingerprint density at radius 3 is 2.68 bits per heavy atom. The second kappa shape index (κ2) is 7.70. The lowest BCUT2D eigenvalue weighted by Gasteiger charge is -2.30. The van der Waals surface area contributed by atoms with Gasteiger partial charge in [-0.2, -0.15) is 0 Å². The second-order valence-electron chi connectivity index (χ2n) is 8.06. The number of piperidine rings is 1. The zero-order valence-electron chi connectivity index (χ0n) is 16.2. The number of carbonyl (C=O) groups excluding carboxylic acids is 1. The molecule has 0 spiro atoms. The van der Waals surface area contributed by atoms with Gasteiger partial charge in [-0.25, -0.2) is 4.98 Å². The van der Waals surface area contributed by atoms with E-state index in [9.17, 15) is 4.79 Å². The lowest BCUT2D eigenvalue weighted by molar-refractivity contribution is 0.0711. The molecule has 5 rings (SSSR count). The highest BCUT2D eigenvalue weighted by molar-refractivity contribution is 7.14. The van der Waals surface area contributed by atoms with Crippen LogP contribution in [0.15, 0.2) is 34.7 Å². The molecule has 1 amide bonds. The van der Waals surface area contributed by atoms with Gasteiger partial charge in [0.25, 0.3) is 5.91 Å². The summed E-state index contributed by atoms with van der Waals surface area (Å²) in [5.74, 6) is 1.35. The molecule has 2 aliphatic rings. The van der Waals surface area contributed by atoms with Gasteiger partial charge in [-0.3, -0.25) is 4.79 Å². The smallest absolute Gasteiger partial charge is 0.263 e. The maximum atomic E-state index is 13.1. The third-order valence-electron chi connectivity index (χ3n) is 6.15. The number of amides is 1. The van der Waals surface area contributed by atoms with Crippen LogP contribution in [-0.4, -0.2) is 28.9 Å². The first-order valence-corrected chi connectivity index (χ1v) is 11.4. The minimum Gasteiger partial charge on any atom is -0.440 e. The fourth-order valence-electron chi connectivity index (χ4n) is 4.50. The van der Waals surface area contributed by atoms with Crippen molar-refractivity contribution in [2.24, 2.45) is 0 Å². The number of aryl methyl sites for hydroxylation is 2. The molecule has 1 fully saturated rings. The summed E-state index contributed by atoms with van der Waals surface area (Å²) in [6.07, 6.45) is 9.29. The van der Waals surface area contributed by atoms with Crippen LogP contribution in [0, 0.1) is 0 Å².